The molecule has 0 atom stereocenters. The van der Waals surface area contributed by atoms with Crippen LogP contribution in [0.5, 0.6) is 0 Å². The first-order valence-corrected chi connectivity index (χ1v) is 6.28. The maximum atomic E-state index is 13.9. The lowest BCUT2D eigenvalue weighted by Gasteiger charge is -2.07. The quantitative estimate of drug-likeness (QED) is 0.678. The van der Waals surface area contributed by atoms with Crippen molar-refractivity contribution in [3.05, 3.63) is 47.0 Å². The van der Waals surface area contributed by atoms with Crippen LogP contribution in [0.2, 0.25) is 5.15 Å². The Balaban J connectivity index is 1.95. The normalized spacial score (nSPS) is 10.8. The standard InChI is InChI=1S/C13H9ClFN5O/c14-12-7-4-10(8(15)5-9(7)19-20-12)18-13(21)6-1-2-17-11(16)3-6/h1-5H,(H2,16,17)(H,18,21)(H,19,20). The van der Waals surface area contributed by atoms with Crippen molar-refractivity contribution in [1.29, 1.82) is 0 Å². The predicted molar refractivity (Wildman–Crippen MR) is 77.7 cm³/mol. The summed E-state index contributed by atoms with van der Waals surface area (Å²) in [6, 6.07) is 5.48. The molecular weight excluding hydrogens is 297 g/mol. The number of nitrogens with two attached hydrogens (primary N) is 1. The number of nitrogen functional groups attached to an aromatic ring is 1. The second kappa shape index (κ2) is 5.02. The first-order valence-electron chi connectivity index (χ1n) is 5.90. The van der Waals surface area contributed by atoms with Gasteiger partial charge in [0.15, 0.2) is 0 Å². The number of fused-ring (bicyclic) bond motifs is 1. The van der Waals surface area contributed by atoms with Crippen molar-refractivity contribution in [3.8, 4) is 0 Å². The highest BCUT2D eigenvalue weighted by atomic mass is 35.5. The molecule has 0 fully saturated rings. The zero-order valence-corrected chi connectivity index (χ0v) is 11.3. The number of anilines is 2. The molecule has 0 aliphatic carbocycles. The summed E-state index contributed by atoms with van der Waals surface area (Å²) in [5, 5.41) is 9.62. The molecule has 2 heterocycles. The van der Waals surface area contributed by atoms with Crippen molar-refractivity contribution in [2.75, 3.05) is 11.1 Å². The monoisotopic (exact) mass is 305 g/mol. The number of carbonyl (C=O) groups excluding carboxylic acids is 1. The summed E-state index contributed by atoms with van der Waals surface area (Å²) in [6.45, 7) is 0. The van der Waals surface area contributed by atoms with Gasteiger partial charge in [-0.3, -0.25) is 9.89 Å². The Morgan fingerprint density at radius 2 is 2.19 bits per heavy atom. The molecule has 6 nitrogen and oxygen atoms in total. The second-order valence-corrected chi connectivity index (χ2v) is 4.69. The molecule has 0 aliphatic rings. The van der Waals surface area contributed by atoms with Crippen LogP contribution in [-0.4, -0.2) is 21.1 Å². The van der Waals surface area contributed by atoms with Gasteiger partial charge in [0, 0.05) is 23.2 Å². The Bertz CT molecular complexity index is 848. The van der Waals surface area contributed by atoms with Crippen LogP contribution in [0.4, 0.5) is 15.9 Å². The predicted octanol–water partition coefficient (Wildman–Crippen LogP) is 2.58. The number of halogens is 2. The molecule has 106 valence electrons. The number of carbonyl (C=O) groups is 1. The Hall–Kier alpha value is -2.67. The number of benzene rings is 1. The van der Waals surface area contributed by atoms with Gasteiger partial charge in [-0.25, -0.2) is 9.37 Å². The van der Waals surface area contributed by atoms with Crippen LogP contribution in [0.15, 0.2) is 30.5 Å². The summed E-state index contributed by atoms with van der Waals surface area (Å²) in [4.78, 5) is 15.8. The highest BCUT2D eigenvalue weighted by molar-refractivity contribution is 6.34. The van der Waals surface area contributed by atoms with E-state index >= 15 is 0 Å². The minimum atomic E-state index is -0.610. The summed E-state index contributed by atoms with van der Waals surface area (Å²) < 4.78 is 13.9. The van der Waals surface area contributed by atoms with Gasteiger partial charge in [-0.15, -0.1) is 0 Å². The molecule has 0 saturated heterocycles. The summed E-state index contributed by atoms with van der Waals surface area (Å²) in [7, 11) is 0. The Morgan fingerprint density at radius 1 is 1.38 bits per heavy atom. The summed E-state index contributed by atoms with van der Waals surface area (Å²) in [6.07, 6.45) is 1.40. The number of hydrogen-bond donors (Lipinski definition) is 3. The summed E-state index contributed by atoms with van der Waals surface area (Å²) in [5.74, 6) is -0.903. The van der Waals surface area contributed by atoms with E-state index in [0.29, 0.717) is 10.9 Å². The van der Waals surface area contributed by atoms with Gasteiger partial charge in [-0.2, -0.15) is 5.10 Å². The van der Waals surface area contributed by atoms with Crippen LogP contribution in [0, 0.1) is 5.82 Å². The smallest absolute Gasteiger partial charge is 0.255 e. The van der Waals surface area contributed by atoms with E-state index in [9.17, 15) is 9.18 Å². The molecule has 4 N–H and O–H groups in total. The average Bonchev–Trinajstić information content (AvgIpc) is 2.80. The Kier molecular flexibility index (Phi) is 3.19. The maximum absolute atomic E-state index is 13.9. The van der Waals surface area contributed by atoms with Crippen molar-refractivity contribution in [3.63, 3.8) is 0 Å². The third-order valence-corrected chi connectivity index (χ3v) is 3.18. The van der Waals surface area contributed by atoms with E-state index in [2.05, 4.69) is 20.5 Å². The number of aromatic amines is 1. The minimum Gasteiger partial charge on any atom is -0.384 e. The van der Waals surface area contributed by atoms with Crippen molar-refractivity contribution in [2.45, 2.75) is 0 Å². The summed E-state index contributed by atoms with van der Waals surface area (Å²) in [5.41, 5.74) is 6.17. The minimum absolute atomic E-state index is 0.00573. The van der Waals surface area contributed by atoms with Crippen LogP contribution in [0.1, 0.15) is 10.4 Å². The van der Waals surface area contributed by atoms with Crippen LogP contribution in [0.3, 0.4) is 0 Å². The third-order valence-electron chi connectivity index (χ3n) is 2.89. The number of nitrogens with one attached hydrogen (secondary N) is 2. The molecule has 0 spiro atoms. The van der Waals surface area contributed by atoms with Crippen molar-refractivity contribution in [1.82, 2.24) is 15.2 Å². The summed E-state index contributed by atoms with van der Waals surface area (Å²) >= 11 is 5.89. The lowest BCUT2D eigenvalue weighted by atomic mass is 10.2. The van der Waals surface area contributed by atoms with E-state index < -0.39 is 11.7 Å². The fourth-order valence-corrected chi connectivity index (χ4v) is 2.07. The van der Waals surface area contributed by atoms with Gasteiger partial charge in [-0.1, -0.05) is 11.6 Å². The van der Waals surface area contributed by atoms with E-state index in [1.807, 2.05) is 0 Å². The molecule has 21 heavy (non-hydrogen) atoms. The van der Waals surface area contributed by atoms with Gasteiger partial charge in [0.05, 0.1) is 11.2 Å². The van der Waals surface area contributed by atoms with Crippen LogP contribution in [-0.2, 0) is 0 Å². The van der Waals surface area contributed by atoms with Gasteiger partial charge in [-0.05, 0) is 18.2 Å². The number of rotatable bonds is 2. The number of H-pyrrole nitrogens is 1. The lowest BCUT2D eigenvalue weighted by Crippen LogP contribution is -2.13. The maximum Gasteiger partial charge on any atom is 0.255 e. The SMILES string of the molecule is Nc1cc(C(=O)Nc2cc3c(Cl)[nH]nc3cc2F)ccn1. The van der Waals surface area contributed by atoms with E-state index in [-0.39, 0.29) is 22.2 Å². The Labute approximate surface area is 123 Å². The highest BCUT2D eigenvalue weighted by Gasteiger charge is 2.13. The van der Waals surface area contributed by atoms with E-state index in [4.69, 9.17) is 17.3 Å². The number of pyridine rings is 1. The first kappa shape index (κ1) is 13.3. The molecule has 0 aliphatic heterocycles. The van der Waals surface area contributed by atoms with Gasteiger partial charge in [0.2, 0.25) is 0 Å². The van der Waals surface area contributed by atoms with E-state index in [0.717, 1.165) is 0 Å². The second-order valence-electron chi connectivity index (χ2n) is 4.31. The molecule has 8 heteroatoms. The molecule has 3 aromatic rings. The van der Waals surface area contributed by atoms with Crippen molar-refractivity contribution >= 4 is 39.9 Å². The third kappa shape index (κ3) is 2.50. The van der Waals surface area contributed by atoms with E-state index in [1.54, 1.807) is 0 Å². The molecular formula is C13H9ClFN5O. The molecule has 1 amide bonds. The zero-order valence-electron chi connectivity index (χ0n) is 10.5. The van der Waals surface area contributed by atoms with Gasteiger partial charge in [0.25, 0.3) is 5.91 Å². The molecule has 1 aromatic carbocycles. The van der Waals surface area contributed by atoms with Crippen LogP contribution < -0.4 is 11.1 Å². The fraction of sp³-hybridized carbons (Fsp3) is 0. The molecule has 2 aromatic heterocycles. The van der Waals surface area contributed by atoms with E-state index in [1.165, 1.54) is 30.5 Å². The van der Waals surface area contributed by atoms with Crippen molar-refractivity contribution in [2.24, 2.45) is 0 Å². The van der Waals surface area contributed by atoms with Crippen LogP contribution >= 0.6 is 11.6 Å². The first-order chi connectivity index (χ1) is 10.0. The lowest BCUT2D eigenvalue weighted by molar-refractivity contribution is 0.102. The average molecular weight is 306 g/mol. The molecule has 0 bridgehead atoms. The topological polar surface area (TPSA) is 96.7 Å². The van der Waals surface area contributed by atoms with Crippen LogP contribution in [0.25, 0.3) is 10.9 Å². The largest absolute Gasteiger partial charge is 0.384 e. The van der Waals surface area contributed by atoms with Gasteiger partial charge >= 0.3 is 0 Å². The highest BCUT2D eigenvalue weighted by Crippen LogP contribution is 2.26. The van der Waals surface area contributed by atoms with Crippen molar-refractivity contribution < 1.29 is 9.18 Å². The molecule has 0 radical (unpaired) electrons. The van der Waals surface area contributed by atoms with Gasteiger partial charge < -0.3 is 11.1 Å². The molecule has 3 rings (SSSR count). The molecule has 0 saturated carbocycles. The number of hydrogen-bond acceptors (Lipinski definition) is 4. The molecule has 0 unspecified atom stereocenters. The Morgan fingerprint density at radius 3 is 2.95 bits per heavy atom. The zero-order chi connectivity index (χ0) is 15.0. The number of aromatic nitrogens is 3. The number of amides is 1. The number of nitrogens with zero attached hydrogens (tertiary/aromatic N) is 2. The fourth-order valence-electron chi connectivity index (χ4n) is 1.88. The van der Waals surface area contributed by atoms with Gasteiger partial charge in [0.1, 0.15) is 16.8 Å².